The number of hydrogen-bond acceptors (Lipinski definition) is 7. The van der Waals surface area contributed by atoms with Gasteiger partial charge in [0.1, 0.15) is 10.1 Å². The Hall–Kier alpha value is -2.52. The lowest BCUT2D eigenvalue weighted by Crippen LogP contribution is -2.29. The molecule has 1 aromatic rings. The molecule has 0 aromatic heterocycles. The highest BCUT2D eigenvalue weighted by molar-refractivity contribution is 8.26. The molecule has 2 rings (SSSR count). The summed E-state index contributed by atoms with van der Waals surface area (Å²) < 4.78 is 5.19. The number of carboxylic acid groups (broad SMARTS) is 1. The Morgan fingerprint density at radius 3 is 2.50 bits per heavy atom. The van der Waals surface area contributed by atoms with E-state index in [0.29, 0.717) is 15.6 Å². The van der Waals surface area contributed by atoms with E-state index in [2.05, 4.69) is 0 Å². The van der Waals surface area contributed by atoms with Crippen LogP contribution in [0.5, 0.6) is 5.75 Å². The summed E-state index contributed by atoms with van der Waals surface area (Å²) in [5.41, 5.74) is 0.331. The SMILES string of the molecule is CC(=O)Oc1ccc(C(=O)/C=C2\SC(=S)N(CCCC(=O)O)C2=O)cc1. The molecule has 7 nitrogen and oxygen atoms in total. The van der Waals surface area contributed by atoms with Gasteiger partial charge in [0.05, 0.1) is 4.91 Å². The Morgan fingerprint density at radius 1 is 1.27 bits per heavy atom. The number of thioether (sulfide) groups is 1. The number of thiocarbonyl (C=S) groups is 1. The lowest BCUT2D eigenvalue weighted by atomic mass is 10.1. The van der Waals surface area contributed by atoms with E-state index in [0.717, 1.165) is 11.8 Å². The summed E-state index contributed by atoms with van der Waals surface area (Å²) in [5, 5.41) is 8.66. The fourth-order valence-corrected chi connectivity index (χ4v) is 3.42. The maximum Gasteiger partial charge on any atom is 0.308 e. The maximum absolute atomic E-state index is 12.3. The Balaban J connectivity index is 2.05. The number of benzene rings is 1. The van der Waals surface area contributed by atoms with Crippen LogP contribution in [0.2, 0.25) is 0 Å². The number of hydrogen-bond donors (Lipinski definition) is 1. The minimum Gasteiger partial charge on any atom is -0.481 e. The topological polar surface area (TPSA) is 101 Å². The number of nitrogens with zero attached hydrogens (tertiary/aromatic N) is 1. The van der Waals surface area contributed by atoms with Gasteiger partial charge in [-0.25, -0.2) is 0 Å². The Kier molecular flexibility index (Phi) is 6.64. The Bertz CT molecular complexity index is 800. The number of carbonyl (C=O) groups excluding carboxylic acids is 3. The largest absolute Gasteiger partial charge is 0.481 e. The summed E-state index contributed by atoms with van der Waals surface area (Å²) in [4.78, 5) is 47.6. The van der Waals surface area contributed by atoms with Gasteiger partial charge in [0.15, 0.2) is 5.78 Å². The molecule has 1 N–H and O–H groups in total. The molecule has 1 aliphatic rings. The van der Waals surface area contributed by atoms with Gasteiger partial charge in [-0.1, -0.05) is 24.0 Å². The lowest BCUT2D eigenvalue weighted by Gasteiger charge is -2.13. The first-order valence-corrected chi connectivity index (χ1v) is 8.80. The molecule has 0 atom stereocenters. The third kappa shape index (κ3) is 5.24. The van der Waals surface area contributed by atoms with Crippen molar-refractivity contribution >= 4 is 51.9 Å². The van der Waals surface area contributed by atoms with Crippen LogP contribution in [0, 0.1) is 0 Å². The van der Waals surface area contributed by atoms with E-state index in [1.54, 1.807) is 0 Å². The summed E-state index contributed by atoms with van der Waals surface area (Å²) in [6.07, 6.45) is 1.42. The van der Waals surface area contributed by atoms with Gasteiger partial charge in [0.2, 0.25) is 0 Å². The molecule has 0 unspecified atom stereocenters. The van der Waals surface area contributed by atoms with Crippen molar-refractivity contribution in [1.29, 1.82) is 0 Å². The molecule has 0 saturated carbocycles. The van der Waals surface area contributed by atoms with Crippen LogP contribution in [-0.4, -0.2) is 44.5 Å². The monoisotopic (exact) mass is 393 g/mol. The molecule has 1 amide bonds. The maximum atomic E-state index is 12.3. The fraction of sp³-hybridized carbons (Fsp3) is 0.235. The van der Waals surface area contributed by atoms with Gasteiger partial charge in [-0.2, -0.15) is 0 Å². The second-order valence-corrected chi connectivity index (χ2v) is 6.99. The number of rotatable bonds is 7. The minimum atomic E-state index is -0.946. The highest BCUT2D eigenvalue weighted by Crippen LogP contribution is 2.31. The van der Waals surface area contributed by atoms with E-state index >= 15 is 0 Å². The van der Waals surface area contributed by atoms with Gasteiger partial charge < -0.3 is 9.84 Å². The van der Waals surface area contributed by atoms with Crippen LogP contribution in [0.25, 0.3) is 0 Å². The first kappa shape index (κ1) is 19.8. The Morgan fingerprint density at radius 2 is 1.92 bits per heavy atom. The minimum absolute atomic E-state index is 0.0658. The number of ketones is 1. The average molecular weight is 393 g/mol. The van der Waals surface area contributed by atoms with Crippen molar-refractivity contribution in [3.05, 3.63) is 40.8 Å². The van der Waals surface area contributed by atoms with Crippen molar-refractivity contribution in [1.82, 2.24) is 4.90 Å². The van der Waals surface area contributed by atoms with E-state index < -0.39 is 17.8 Å². The molecule has 0 aliphatic carbocycles. The predicted molar refractivity (Wildman–Crippen MR) is 98.9 cm³/mol. The quantitative estimate of drug-likeness (QED) is 0.248. The van der Waals surface area contributed by atoms with E-state index in [1.807, 2.05) is 0 Å². The summed E-state index contributed by atoms with van der Waals surface area (Å²) in [7, 11) is 0. The lowest BCUT2D eigenvalue weighted by molar-refractivity contribution is -0.137. The predicted octanol–water partition coefficient (Wildman–Crippen LogP) is 2.40. The number of carboxylic acids is 1. The first-order valence-electron chi connectivity index (χ1n) is 7.58. The third-order valence-corrected chi connectivity index (χ3v) is 4.69. The van der Waals surface area contributed by atoms with Gasteiger partial charge in [-0.15, -0.1) is 0 Å². The molecule has 1 fully saturated rings. The zero-order chi connectivity index (χ0) is 19.3. The van der Waals surface area contributed by atoms with Gasteiger partial charge >= 0.3 is 11.9 Å². The molecule has 1 aliphatic heterocycles. The number of aliphatic carboxylic acids is 1. The molecule has 26 heavy (non-hydrogen) atoms. The van der Waals surface area contributed by atoms with Crippen LogP contribution in [0.3, 0.4) is 0 Å². The van der Waals surface area contributed by atoms with Crippen LogP contribution in [-0.2, 0) is 14.4 Å². The van der Waals surface area contributed by atoms with Crippen molar-refractivity contribution in [3.63, 3.8) is 0 Å². The normalized spacial score (nSPS) is 15.4. The number of amides is 1. The standard InChI is InChI=1S/C17H15NO6S2/c1-10(19)24-12-6-4-11(5-7-12)13(20)9-14-16(23)18(17(25)26-14)8-2-3-15(21)22/h4-7,9H,2-3,8H2,1H3,(H,21,22)/b14-9-. The van der Waals surface area contributed by atoms with E-state index in [-0.39, 0.29) is 30.1 Å². The highest BCUT2D eigenvalue weighted by atomic mass is 32.2. The first-order chi connectivity index (χ1) is 12.3. The van der Waals surface area contributed by atoms with Gasteiger partial charge in [-0.3, -0.25) is 24.1 Å². The second kappa shape index (κ2) is 8.72. The molecule has 0 spiro atoms. The summed E-state index contributed by atoms with van der Waals surface area (Å²) >= 11 is 6.13. The van der Waals surface area contributed by atoms with Crippen LogP contribution in [0.15, 0.2) is 35.2 Å². The van der Waals surface area contributed by atoms with Crippen LogP contribution >= 0.6 is 24.0 Å². The average Bonchev–Trinajstić information content (AvgIpc) is 2.82. The van der Waals surface area contributed by atoms with Crippen LogP contribution in [0.4, 0.5) is 0 Å². The summed E-state index contributed by atoms with van der Waals surface area (Å²) in [5.74, 6) is -1.88. The van der Waals surface area contributed by atoms with Gasteiger partial charge in [0.25, 0.3) is 5.91 Å². The fourth-order valence-electron chi connectivity index (χ4n) is 2.14. The zero-order valence-electron chi connectivity index (χ0n) is 13.8. The van der Waals surface area contributed by atoms with E-state index in [4.69, 9.17) is 22.1 Å². The molecule has 136 valence electrons. The number of ether oxygens (including phenoxy) is 1. The van der Waals surface area contributed by atoms with Crippen molar-refractivity contribution in [2.45, 2.75) is 19.8 Å². The molecule has 1 aromatic carbocycles. The molecular formula is C17H15NO6S2. The summed E-state index contributed by atoms with van der Waals surface area (Å²) in [6, 6.07) is 5.95. The van der Waals surface area contributed by atoms with Crippen LogP contribution < -0.4 is 4.74 Å². The molecule has 1 saturated heterocycles. The van der Waals surface area contributed by atoms with Gasteiger partial charge in [-0.05, 0) is 30.7 Å². The van der Waals surface area contributed by atoms with Crippen molar-refractivity contribution < 1.29 is 29.0 Å². The van der Waals surface area contributed by atoms with Crippen molar-refractivity contribution in [3.8, 4) is 5.75 Å². The van der Waals surface area contributed by atoms with Crippen molar-refractivity contribution in [2.24, 2.45) is 0 Å². The zero-order valence-corrected chi connectivity index (χ0v) is 15.4. The molecule has 0 radical (unpaired) electrons. The highest BCUT2D eigenvalue weighted by Gasteiger charge is 2.32. The second-order valence-electron chi connectivity index (χ2n) is 5.31. The van der Waals surface area contributed by atoms with Crippen LogP contribution in [0.1, 0.15) is 30.1 Å². The smallest absolute Gasteiger partial charge is 0.308 e. The van der Waals surface area contributed by atoms with Gasteiger partial charge in [0, 0.05) is 31.5 Å². The van der Waals surface area contributed by atoms with Crippen molar-refractivity contribution in [2.75, 3.05) is 6.54 Å². The third-order valence-electron chi connectivity index (χ3n) is 3.31. The number of allylic oxidation sites excluding steroid dienone is 1. The number of carbonyl (C=O) groups is 4. The van der Waals surface area contributed by atoms with E-state index in [1.165, 1.54) is 42.2 Å². The molecular weight excluding hydrogens is 378 g/mol. The molecule has 0 bridgehead atoms. The molecule has 9 heteroatoms. The number of esters is 1. The van der Waals surface area contributed by atoms with E-state index in [9.17, 15) is 19.2 Å². The summed E-state index contributed by atoms with van der Waals surface area (Å²) in [6.45, 7) is 1.47. The Labute approximate surface area is 159 Å². The molecule has 1 heterocycles.